The average Bonchev–Trinajstić information content (AvgIpc) is 0.794. The predicted molar refractivity (Wildman–Crippen MR) is 331 cm³/mol. The lowest BCUT2D eigenvalue weighted by atomic mass is 9.92. The molecule has 0 aromatic heterocycles. The van der Waals surface area contributed by atoms with E-state index >= 15 is 0 Å². The van der Waals surface area contributed by atoms with E-state index in [2.05, 4.69) is 55.4 Å². The Morgan fingerprint density at radius 2 is 0.505 bits per heavy atom. The number of unbranched alkanes of at least 4 members (excludes halogenated alkanes) is 4. The van der Waals surface area contributed by atoms with Crippen molar-refractivity contribution < 1.29 is 161 Å². The van der Waals surface area contributed by atoms with E-state index in [4.69, 9.17) is 2.74 Å². The second kappa shape index (κ2) is 59.5. The Labute approximate surface area is 581 Å². The minimum absolute atomic E-state index is 0.104. The Morgan fingerprint density at radius 3 is 0.584 bits per heavy atom. The summed E-state index contributed by atoms with van der Waals surface area (Å²) < 4.78 is 428. The Balaban J connectivity index is -0.0000000783. The molecular weight excluding hydrogens is 1460 g/mol. The molecular formula is C65H120F36. The second-order valence-corrected chi connectivity index (χ2v) is 26.1. The first-order valence-corrected chi connectivity index (χ1v) is 32.0. The highest BCUT2D eigenvalue weighted by Crippen LogP contribution is 2.49. The normalized spacial score (nSPS) is 14.0. The van der Waals surface area contributed by atoms with Gasteiger partial charge in [0.25, 0.3) is 0 Å². The molecule has 0 N–H and O–H groups in total. The summed E-state index contributed by atoms with van der Waals surface area (Å²) in [5, 5.41) is 0. The fourth-order valence-electron chi connectivity index (χ4n) is 3.26. The largest absolute Gasteiger partial charge is 0.402 e. The first-order chi connectivity index (χ1) is 44.2. The van der Waals surface area contributed by atoms with Crippen molar-refractivity contribution in [3.05, 3.63) is 0 Å². The summed E-state index contributed by atoms with van der Waals surface area (Å²) in [7, 11) is 0. The third-order valence-corrected chi connectivity index (χ3v) is 11.3. The van der Waals surface area contributed by atoms with E-state index in [1.807, 2.05) is 27.7 Å². The lowest BCUT2D eigenvalue weighted by molar-refractivity contribution is -0.327. The van der Waals surface area contributed by atoms with E-state index < -0.39 is 146 Å². The van der Waals surface area contributed by atoms with E-state index in [9.17, 15) is 158 Å². The number of hydrogen-bond acceptors (Lipinski definition) is 0. The average molecular weight is 1590 g/mol. The zero-order valence-corrected chi connectivity index (χ0v) is 63.3. The second-order valence-electron chi connectivity index (χ2n) is 26.1. The fraction of sp³-hybridized carbons (Fsp3) is 1.00. The van der Waals surface area contributed by atoms with Gasteiger partial charge in [-0.15, -0.1) is 0 Å². The van der Waals surface area contributed by atoms with Gasteiger partial charge in [0.1, 0.15) is 0 Å². The zero-order valence-electron chi connectivity index (χ0n) is 65.3. The summed E-state index contributed by atoms with van der Waals surface area (Å²) in [5.74, 6) is -9.39. The summed E-state index contributed by atoms with van der Waals surface area (Å²) in [4.78, 5) is 0. The van der Waals surface area contributed by atoms with E-state index in [1.165, 1.54) is 53.4 Å². The molecule has 0 nitrogen and oxygen atoms in total. The van der Waals surface area contributed by atoms with Crippen LogP contribution in [0.15, 0.2) is 0 Å². The predicted octanol–water partition coefficient (Wildman–Crippen LogP) is 33.5. The molecule has 0 rings (SSSR count). The molecule has 3 atom stereocenters. The maximum absolute atomic E-state index is 11.7. The van der Waals surface area contributed by atoms with Gasteiger partial charge < -0.3 is 0 Å². The summed E-state index contributed by atoms with van der Waals surface area (Å²) in [6, 6.07) is 0. The summed E-state index contributed by atoms with van der Waals surface area (Å²) in [6.07, 6.45) is -50.0. The van der Waals surface area contributed by atoms with Crippen LogP contribution in [-0.2, 0) is 0 Å². The summed E-state index contributed by atoms with van der Waals surface area (Å²) >= 11 is 0. The maximum atomic E-state index is 11.7. The van der Waals surface area contributed by atoms with E-state index in [-0.39, 0.29) is 45.4 Å². The lowest BCUT2D eigenvalue weighted by Crippen LogP contribution is -2.44. The van der Waals surface area contributed by atoms with Crippen molar-refractivity contribution in [2.24, 2.45) is 64.0 Å². The molecule has 101 heavy (non-hydrogen) atoms. The SMILES string of the molecule is CC(C)(C(F)(F)F)C(F)(F)F.CC(C)(C)C(F)(F)F.CC(C)C.CC(C)C(F)(F)F.CCC(C)C.CCC(C)C(F)(F)F.CCCC(C(F)(F)F)C(F)(F)F.CCCCC.CCCCCC(F)(F)F.CCC[C@H](C)C(F)(F)F.C[C@@H](CCC(F)(F)F)C(F)(F)F.[2H]C(C)(C)C.[2H]C(C)(C)C(F)(F)F. The number of rotatable bonds is 13. The molecule has 0 amide bonds. The quantitative estimate of drug-likeness (QED) is 0.127. The van der Waals surface area contributed by atoms with Crippen molar-refractivity contribution in [1.82, 2.24) is 0 Å². The molecule has 0 fully saturated rings. The lowest BCUT2D eigenvalue weighted by Gasteiger charge is -2.29. The highest BCUT2D eigenvalue weighted by Gasteiger charge is 2.64. The molecule has 0 radical (unpaired) electrons. The van der Waals surface area contributed by atoms with Crippen molar-refractivity contribution in [1.29, 1.82) is 0 Å². The van der Waals surface area contributed by atoms with Crippen LogP contribution in [0.4, 0.5) is 158 Å². The highest BCUT2D eigenvalue weighted by molar-refractivity contribution is 4.84. The van der Waals surface area contributed by atoms with Gasteiger partial charge >= 0.3 is 74.1 Å². The van der Waals surface area contributed by atoms with Gasteiger partial charge in [-0.05, 0) is 63.7 Å². The van der Waals surface area contributed by atoms with Crippen molar-refractivity contribution >= 4 is 0 Å². The van der Waals surface area contributed by atoms with Crippen LogP contribution in [-0.4, -0.2) is 74.1 Å². The first-order valence-electron chi connectivity index (χ1n) is 33.0. The minimum Gasteiger partial charge on any atom is -0.171 e. The van der Waals surface area contributed by atoms with Crippen molar-refractivity contribution in [3.8, 4) is 0 Å². The molecule has 0 saturated carbocycles. The van der Waals surface area contributed by atoms with Crippen LogP contribution in [0.3, 0.4) is 0 Å². The Bertz CT molecular complexity index is 1730. The molecule has 0 bridgehead atoms. The van der Waals surface area contributed by atoms with Gasteiger partial charge in [-0.25, -0.2) is 0 Å². The molecule has 0 aliphatic carbocycles. The number of hydrogen-bond donors (Lipinski definition) is 0. The van der Waals surface area contributed by atoms with Gasteiger partial charge in [0.2, 0.25) is 0 Å². The van der Waals surface area contributed by atoms with Gasteiger partial charge in [-0.2, -0.15) is 158 Å². The highest BCUT2D eigenvalue weighted by atomic mass is 19.5. The Morgan fingerprint density at radius 1 is 0.277 bits per heavy atom. The van der Waals surface area contributed by atoms with Crippen molar-refractivity contribution in [2.75, 3.05) is 0 Å². The summed E-state index contributed by atoms with van der Waals surface area (Å²) in [5.41, 5.74) is -5.19. The molecule has 0 aliphatic heterocycles. The molecule has 36 heteroatoms. The molecule has 1 unspecified atom stereocenters. The standard InChI is InChI=1S/2C6H8F6.2C6H11F3.C5H6F6.2C5H9F3.2C5H12.2C4H7F3.2C4H10/c1-4(6(10,11)12)2-3-5(7,8)9;1-2-3-4(5(7,8)9)6(10,11)12;1-3-4-5(2)6(7,8)9;1-2-3-4-5-6(7,8)9;1-3(2,4(6,7)8)5(9,10)11;1-4(2,3)5(6,7)8;1-3-4(2)5(6,7)8;1-4-5(2)3;1-3-5-4-2;2*1-3(2)4(5,6)7;2*1-4(2)3/h2*4H,2-3H2,1H3;5H,3-4H2,1-2H3;2-5H2,1H3;1-2H3;1-3H3;4H,3H2,1-2H3;5H,4H2,1-3H3;3-5H2,1-2H3;2*3H,1-2H3;2*4H,1-3H3/t4-;;5-;;;;;;;;;;/m0.0........../s1/i;;;;;;;;;3D;;4D;. The van der Waals surface area contributed by atoms with E-state index in [1.54, 1.807) is 6.92 Å². The van der Waals surface area contributed by atoms with Crippen molar-refractivity contribution in [2.45, 2.75) is 357 Å². The van der Waals surface area contributed by atoms with Gasteiger partial charge in [-0.1, -0.05) is 224 Å². The topological polar surface area (TPSA) is 0 Å². The van der Waals surface area contributed by atoms with Crippen LogP contribution < -0.4 is 0 Å². The molecule has 0 aromatic carbocycles. The zero-order chi connectivity index (χ0) is 87.6. The van der Waals surface area contributed by atoms with Crippen molar-refractivity contribution in [3.63, 3.8) is 0 Å². The van der Waals surface area contributed by atoms with Gasteiger partial charge in [-0.3, -0.25) is 0 Å². The third kappa shape index (κ3) is 109. The van der Waals surface area contributed by atoms with Crippen LogP contribution in [0.25, 0.3) is 0 Å². The summed E-state index contributed by atoms with van der Waals surface area (Å²) in [6.45, 7) is 40.2. The van der Waals surface area contributed by atoms with E-state index in [0.29, 0.717) is 12.8 Å². The molecule has 632 valence electrons. The molecule has 0 aliphatic rings. The Hall–Kier alpha value is -2.52. The van der Waals surface area contributed by atoms with Gasteiger partial charge in [0.05, 0.1) is 23.2 Å². The van der Waals surface area contributed by atoms with Gasteiger partial charge in [0.15, 0.2) is 11.3 Å². The molecule has 0 saturated heterocycles. The van der Waals surface area contributed by atoms with Crippen LogP contribution in [0.5, 0.6) is 0 Å². The number of halogens is 36. The Kier molecular flexibility index (Phi) is 72.1. The maximum Gasteiger partial charge on any atom is 0.402 e. The monoisotopic (exact) mass is 1590 g/mol. The minimum atomic E-state index is -5.24. The molecule has 0 spiro atoms. The van der Waals surface area contributed by atoms with Gasteiger partial charge in [0, 0.05) is 27.4 Å². The number of alkyl halides is 36. The van der Waals surface area contributed by atoms with Crippen LogP contribution in [0.1, 0.15) is 286 Å². The van der Waals surface area contributed by atoms with Crippen LogP contribution in [0.2, 0.25) is 0 Å². The fourth-order valence-corrected chi connectivity index (χ4v) is 3.26. The first kappa shape index (κ1) is 122. The van der Waals surface area contributed by atoms with E-state index in [0.717, 1.165) is 73.6 Å². The molecule has 0 aromatic rings. The van der Waals surface area contributed by atoms with Crippen LogP contribution >= 0.6 is 0 Å². The smallest absolute Gasteiger partial charge is 0.171 e. The third-order valence-electron chi connectivity index (χ3n) is 11.3. The van der Waals surface area contributed by atoms with Crippen LogP contribution in [0, 0.1) is 64.0 Å². The molecule has 0 heterocycles.